The van der Waals surface area contributed by atoms with Gasteiger partial charge in [-0.2, -0.15) is 0 Å². The predicted molar refractivity (Wildman–Crippen MR) is 127 cm³/mol. The molecule has 1 fully saturated rings. The molecule has 1 amide bonds. The predicted octanol–water partition coefficient (Wildman–Crippen LogP) is 4.89. The van der Waals surface area contributed by atoms with Crippen molar-refractivity contribution in [3.05, 3.63) is 53.5 Å². The summed E-state index contributed by atoms with van der Waals surface area (Å²) in [5.41, 5.74) is 2.33. The molecule has 9 heteroatoms. The highest BCUT2D eigenvalue weighted by Gasteiger charge is 2.58. The van der Waals surface area contributed by atoms with Gasteiger partial charge in [-0.1, -0.05) is 23.9 Å². The summed E-state index contributed by atoms with van der Waals surface area (Å²) in [4.78, 5) is 31.9. The molecule has 2 aliphatic rings. The van der Waals surface area contributed by atoms with Crippen LogP contribution in [-0.2, 0) is 20.9 Å². The van der Waals surface area contributed by atoms with Gasteiger partial charge in [-0.05, 0) is 37.3 Å². The number of hydrogen-bond donors (Lipinski definition) is 0. The molecule has 3 aromatic rings. The first-order valence-electron chi connectivity index (χ1n) is 10.6. The number of carbonyl (C=O) groups excluding carboxylic acids is 2. The minimum atomic E-state index is -1.03. The minimum absolute atomic E-state index is 0.0458. The van der Waals surface area contributed by atoms with Gasteiger partial charge < -0.3 is 14.2 Å². The van der Waals surface area contributed by atoms with E-state index < -0.39 is 10.8 Å². The number of fused-ring (bicyclic) bond motifs is 3. The molecule has 0 aliphatic carbocycles. The Bertz CT molecular complexity index is 1230. The van der Waals surface area contributed by atoms with E-state index in [1.54, 1.807) is 12.0 Å². The number of amides is 1. The maximum absolute atomic E-state index is 13.2. The van der Waals surface area contributed by atoms with Crippen molar-refractivity contribution in [3.8, 4) is 22.1 Å². The van der Waals surface area contributed by atoms with Crippen LogP contribution >= 0.6 is 23.1 Å². The fourth-order valence-corrected chi connectivity index (χ4v) is 6.32. The second kappa shape index (κ2) is 8.72. The Morgan fingerprint density at radius 2 is 2.06 bits per heavy atom. The van der Waals surface area contributed by atoms with Crippen molar-refractivity contribution in [1.82, 2.24) is 4.98 Å². The van der Waals surface area contributed by atoms with Gasteiger partial charge in [0.15, 0.2) is 16.4 Å². The van der Waals surface area contributed by atoms with Crippen molar-refractivity contribution in [2.45, 2.75) is 36.1 Å². The van der Waals surface area contributed by atoms with E-state index in [4.69, 9.17) is 14.2 Å². The van der Waals surface area contributed by atoms with Crippen LogP contribution in [0.1, 0.15) is 25.5 Å². The third-order valence-corrected chi connectivity index (χ3v) is 8.00. The average Bonchev–Trinajstić information content (AvgIpc) is 3.52. The number of methoxy groups -OCH3 is 1. The van der Waals surface area contributed by atoms with Crippen LogP contribution in [0.3, 0.4) is 0 Å². The maximum Gasteiger partial charge on any atom is 0.343 e. The molecular weight excluding hydrogens is 460 g/mol. The molecular formula is C24H22N2O5S2. The first-order valence-corrected chi connectivity index (χ1v) is 12.3. The minimum Gasteiger partial charge on any atom is -0.493 e. The fourth-order valence-electron chi connectivity index (χ4n) is 4.11. The zero-order valence-electron chi connectivity index (χ0n) is 18.2. The van der Waals surface area contributed by atoms with Crippen LogP contribution in [-0.4, -0.2) is 35.4 Å². The van der Waals surface area contributed by atoms with E-state index in [1.807, 2.05) is 54.8 Å². The Kier molecular flexibility index (Phi) is 5.76. The van der Waals surface area contributed by atoms with E-state index in [1.165, 1.54) is 23.1 Å². The molecule has 170 valence electrons. The van der Waals surface area contributed by atoms with Gasteiger partial charge in [-0.25, -0.2) is 9.78 Å². The van der Waals surface area contributed by atoms with E-state index >= 15 is 0 Å². The highest BCUT2D eigenvalue weighted by molar-refractivity contribution is 8.02. The second-order valence-corrected chi connectivity index (χ2v) is 9.78. The van der Waals surface area contributed by atoms with Gasteiger partial charge >= 0.3 is 5.97 Å². The number of thiazole rings is 1. The molecule has 0 N–H and O–H groups in total. The molecule has 2 aromatic carbocycles. The number of hydrogen-bond acceptors (Lipinski definition) is 8. The summed E-state index contributed by atoms with van der Waals surface area (Å²) in [5, 5.41) is 2.66. The Labute approximate surface area is 199 Å². The van der Waals surface area contributed by atoms with Crippen LogP contribution in [0.4, 0.5) is 5.69 Å². The van der Waals surface area contributed by atoms with Gasteiger partial charge in [0.05, 0.1) is 25.1 Å². The number of para-hydroxylation sites is 1. The third kappa shape index (κ3) is 3.75. The molecule has 0 spiro atoms. The molecule has 0 saturated carbocycles. The highest BCUT2D eigenvalue weighted by Crippen LogP contribution is 2.56. The second-order valence-electron chi connectivity index (χ2n) is 7.60. The van der Waals surface area contributed by atoms with Crippen molar-refractivity contribution in [1.29, 1.82) is 0 Å². The van der Waals surface area contributed by atoms with Gasteiger partial charge in [0.1, 0.15) is 11.6 Å². The number of anilines is 1. The van der Waals surface area contributed by atoms with Gasteiger partial charge in [0.2, 0.25) is 5.91 Å². The molecule has 0 unspecified atom stereocenters. The van der Waals surface area contributed by atoms with Crippen LogP contribution in [0, 0.1) is 0 Å². The molecule has 1 saturated heterocycles. The van der Waals surface area contributed by atoms with E-state index in [0.717, 1.165) is 21.2 Å². The number of aromatic nitrogens is 1. The summed E-state index contributed by atoms with van der Waals surface area (Å²) in [5.74, 6) is 0.858. The molecule has 1 atom stereocenters. The number of benzene rings is 2. The van der Waals surface area contributed by atoms with Crippen LogP contribution in [0.25, 0.3) is 10.6 Å². The fraction of sp³-hybridized carbons (Fsp3) is 0.292. The Morgan fingerprint density at radius 3 is 2.88 bits per heavy atom. The van der Waals surface area contributed by atoms with Crippen molar-refractivity contribution >= 4 is 40.7 Å². The average molecular weight is 483 g/mol. The van der Waals surface area contributed by atoms with Gasteiger partial charge in [-0.15, -0.1) is 11.3 Å². The lowest BCUT2D eigenvalue weighted by atomic mass is 10.2. The lowest BCUT2D eigenvalue weighted by Gasteiger charge is -2.28. The maximum atomic E-state index is 13.2. The number of nitrogens with zero attached hydrogens (tertiary/aromatic N) is 2. The van der Waals surface area contributed by atoms with Crippen LogP contribution in [0.2, 0.25) is 0 Å². The van der Waals surface area contributed by atoms with E-state index in [9.17, 15) is 9.59 Å². The summed E-state index contributed by atoms with van der Waals surface area (Å²) >= 11 is 2.86. The number of ether oxygens (including phenoxy) is 3. The Balaban J connectivity index is 1.31. The van der Waals surface area contributed by atoms with Gasteiger partial charge in [0, 0.05) is 28.7 Å². The van der Waals surface area contributed by atoms with Gasteiger partial charge in [0.25, 0.3) is 0 Å². The lowest BCUT2D eigenvalue weighted by molar-refractivity contribution is -0.148. The molecule has 2 aliphatic heterocycles. The summed E-state index contributed by atoms with van der Waals surface area (Å²) in [6.45, 7) is 2.52. The monoisotopic (exact) mass is 482 g/mol. The summed E-state index contributed by atoms with van der Waals surface area (Å²) in [6.07, 6.45) is 0.759. The normalized spacial score (nSPS) is 18.7. The quantitative estimate of drug-likeness (QED) is 0.444. The van der Waals surface area contributed by atoms with Crippen molar-refractivity contribution in [2.24, 2.45) is 0 Å². The first-order chi connectivity index (χ1) is 16.1. The number of thioether (sulfide) groups is 1. The summed E-state index contributed by atoms with van der Waals surface area (Å²) < 4.78 is 16.7. The SMILES string of the molecule is CCOc1ccc(-c2nc(COC(=O)[C@@]34CCC(=O)N3c3ccccc3S4)cs2)cc1OC. The Hall–Kier alpha value is -3.04. The van der Waals surface area contributed by atoms with E-state index in [-0.39, 0.29) is 12.5 Å². The summed E-state index contributed by atoms with van der Waals surface area (Å²) in [7, 11) is 1.60. The Morgan fingerprint density at radius 1 is 1.21 bits per heavy atom. The molecule has 3 heterocycles. The molecule has 1 aromatic heterocycles. The van der Waals surface area contributed by atoms with Crippen LogP contribution < -0.4 is 14.4 Å². The third-order valence-electron chi connectivity index (χ3n) is 5.61. The van der Waals surface area contributed by atoms with E-state index in [2.05, 4.69) is 4.98 Å². The lowest BCUT2D eigenvalue weighted by Crippen LogP contribution is -2.47. The number of esters is 1. The van der Waals surface area contributed by atoms with Crippen molar-refractivity contribution in [3.63, 3.8) is 0 Å². The first kappa shape index (κ1) is 21.8. The zero-order valence-corrected chi connectivity index (χ0v) is 19.8. The topological polar surface area (TPSA) is 78.0 Å². The molecule has 0 bridgehead atoms. The van der Waals surface area contributed by atoms with Crippen LogP contribution in [0.5, 0.6) is 11.5 Å². The number of carbonyl (C=O) groups is 2. The standard InChI is InChI=1S/C24H22N2O5S2/c1-3-30-18-9-8-15(12-19(18)29-2)22-25-16(14-32-22)13-31-23(28)24-11-10-21(27)26(24)17-6-4-5-7-20(17)33-24/h4-9,12,14H,3,10-11,13H2,1-2H3/t24-/m0/s1. The van der Waals surface area contributed by atoms with Crippen LogP contribution in [0.15, 0.2) is 52.7 Å². The zero-order chi connectivity index (χ0) is 23.0. The van der Waals surface area contributed by atoms with Crippen molar-refractivity contribution in [2.75, 3.05) is 18.6 Å². The molecule has 0 radical (unpaired) electrons. The van der Waals surface area contributed by atoms with Gasteiger partial charge in [-0.3, -0.25) is 9.69 Å². The van der Waals surface area contributed by atoms with E-state index in [0.29, 0.717) is 36.6 Å². The molecule has 33 heavy (non-hydrogen) atoms. The highest BCUT2D eigenvalue weighted by atomic mass is 32.2. The number of rotatable bonds is 7. The molecule has 5 rings (SSSR count). The summed E-state index contributed by atoms with van der Waals surface area (Å²) in [6, 6.07) is 13.3. The molecule has 7 nitrogen and oxygen atoms in total. The largest absolute Gasteiger partial charge is 0.493 e. The smallest absolute Gasteiger partial charge is 0.343 e. The van der Waals surface area contributed by atoms with Crippen molar-refractivity contribution < 1.29 is 23.8 Å².